The summed E-state index contributed by atoms with van der Waals surface area (Å²) in [6, 6.07) is 0. The Morgan fingerprint density at radius 3 is 2.35 bits per heavy atom. The van der Waals surface area contributed by atoms with Gasteiger partial charge in [-0.3, -0.25) is 4.99 Å². The monoisotopic (exact) mass is 353 g/mol. The molecule has 102 valence electrons. The van der Waals surface area contributed by atoms with Crippen LogP contribution in [0.4, 0.5) is 0 Å². The first-order valence-electron chi connectivity index (χ1n) is 6.82. The summed E-state index contributed by atoms with van der Waals surface area (Å²) in [7, 11) is 0. The van der Waals surface area contributed by atoms with E-state index in [1.165, 1.54) is 38.5 Å². The Balaban J connectivity index is 0.00000256. The zero-order valence-corrected chi connectivity index (χ0v) is 13.7. The highest BCUT2D eigenvalue weighted by Gasteiger charge is 2.13. The van der Waals surface area contributed by atoms with Gasteiger partial charge >= 0.3 is 0 Å². The van der Waals surface area contributed by atoms with Crippen molar-refractivity contribution in [2.75, 3.05) is 19.6 Å². The molecule has 17 heavy (non-hydrogen) atoms. The molecule has 0 aromatic rings. The van der Waals surface area contributed by atoms with E-state index in [2.05, 4.69) is 23.7 Å². The van der Waals surface area contributed by atoms with E-state index in [0.717, 1.165) is 31.5 Å². The van der Waals surface area contributed by atoms with Gasteiger partial charge < -0.3 is 10.6 Å². The van der Waals surface area contributed by atoms with Crippen LogP contribution < -0.4 is 5.73 Å². The number of halogens is 1. The third-order valence-electron chi connectivity index (χ3n) is 3.61. The normalized spacial score (nSPS) is 16.9. The molecule has 3 nitrogen and oxygen atoms in total. The lowest BCUT2D eigenvalue weighted by Gasteiger charge is -2.19. The molecule has 0 aromatic heterocycles. The van der Waals surface area contributed by atoms with E-state index in [4.69, 9.17) is 5.73 Å². The SMILES string of the molecule is CCN(CC)C(N)=NCCCC1CCCC1.I. The van der Waals surface area contributed by atoms with Crippen molar-refractivity contribution in [2.45, 2.75) is 52.4 Å². The molecule has 0 radical (unpaired) electrons. The molecule has 1 aliphatic carbocycles. The van der Waals surface area contributed by atoms with Crippen molar-refractivity contribution in [1.82, 2.24) is 4.90 Å². The lowest BCUT2D eigenvalue weighted by atomic mass is 10.0. The number of nitrogens with zero attached hydrogens (tertiary/aromatic N) is 2. The van der Waals surface area contributed by atoms with Crippen molar-refractivity contribution < 1.29 is 0 Å². The van der Waals surface area contributed by atoms with Gasteiger partial charge in [-0.05, 0) is 32.6 Å². The molecule has 0 bridgehead atoms. The maximum Gasteiger partial charge on any atom is 0.191 e. The van der Waals surface area contributed by atoms with Crippen LogP contribution >= 0.6 is 24.0 Å². The third-order valence-corrected chi connectivity index (χ3v) is 3.61. The summed E-state index contributed by atoms with van der Waals surface area (Å²) in [4.78, 5) is 6.55. The van der Waals surface area contributed by atoms with E-state index in [9.17, 15) is 0 Å². The fourth-order valence-corrected chi connectivity index (χ4v) is 2.52. The summed E-state index contributed by atoms with van der Waals surface area (Å²) in [6.45, 7) is 7.04. The van der Waals surface area contributed by atoms with Crippen LogP contribution in [-0.2, 0) is 0 Å². The zero-order valence-electron chi connectivity index (χ0n) is 11.3. The molecule has 0 aliphatic heterocycles. The maximum absolute atomic E-state index is 5.91. The zero-order chi connectivity index (χ0) is 11.8. The summed E-state index contributed by atoms with van der Waals surface area (Å²) in [5.41, 5.74) is 5.91. The van der Waals surface area contributed by atoms with Crippen LogP contribution in [0, 0.1) is 5.92 Å². The van der Waals surface area contributed by atoms with E-state index in [0.29, 0.717) is 0 Å². The quantitative estimate of drug-likeness (QED) is 0.345. The van der Waals surface area contributed by atoms with Gasteiger partial charge in [-0.15, -0.1) is 24.0 Å². The molecule has 1 aliphatic rings. The molecule has 0 unspecified atom stereocenters. The minimum atomic E-state index is 0. The highest BCUT2D eigenvalue weighted by atomic mass is 127. The molecule has 0 amide bonds. The van der Waals surface area contributed by atoms with Gasteiger partial charge in [0.15, 0.2) is 5.96 Å². The topological polar surface area (TPSA) is 41.6 Å². The fourth-order valence-electron chi connectivity index (χ4n) is 2.52. The summed E-state index contributed by atoms with van der Waals surface area (Å²) in [5, 5.41) is 0. The second-order valence-corrected chi connectivity index (χ2v) is 4.70. The van der Waals surface area contributed by atoms with E-state index >= 15 is 0 Å². The average Bonchev–Trinajstić information content (AvgIpc) is 2.79. The molecule has 0 heterocycles. The van der Waals surface area contributed by atoms with Crippen LogP contribution in [0.15, 0.2) is 4.99 Å². The third kappa shape index (κ3) is 6.48. The number of hydrogen-bond acceptors (Lipinski definition) is 1. The van der Waals surface area contributed by atoms with Gasteiger partial charge in [0.2, 0.25) is 0 Å². The molecule has 1 rings (SSSR count). The van der Waals surface area contributed by atoms with Crippen LogP contribution in [0.3, 0.4) is 0 Å². The first-order valence-corrected chi connectivity index (χ1v) is 6.82. The second-order valence-electron chi connectivity index (χ2n) is 4.70. The van der Waals surface area contributed by atoms with Gasteiger partial charge in [-0.2, -0.15) is 0 Å². The number of rotatable bonds is 6. The van der Waals surface area contributed by atoms with Crippen molar-refractivity contribution in [3.8, 4) is 0 Å². The molecule has 0 spiro atoms. The molecule has 1 saturated carbocycles. The predicted octanol–water partition coefficient (Wildman–Crippen LogP) is 3.23. The minimum Gasteiger partial charge on any atom is -0.370 e. The van der Waals surface area contributed by atoms with Gasteiger partial charge in [0.1, 0.15) is 0 Å². The summed E-state index contributed by atoms with van der Waals surface area (Å²) in [5.74, 6) is 1.70. The summed E-state index contributed by atoms with van der Waals surface area (Å²) < 4.78 is 0. The molecule has 1 fully saturated rings. The summed E-state index contributed by atoms with van der Waals surface area (Å²) >= 11 is 0. The number of guanidine groups is 1. The Hall–Kier alpha value is 0. The van der Waals surface area contributed by atoms with Gasteiger partial charge in [-0.25, -0.2) is 0 Å². The van der Waals surface area contributed by atoms with Crippen LogP contribution in [0.2, 0.25) is 0 Å². The van der Waals surface area contributed by atoms with E-state index < -0.39 is 0 Å². The highest BCUT2D eigenvalue weighted by molar-refractivity contribution is 14.0. The van der Waals surface area contributed by atoms with Crippen LogP contribution in [-0.4, -0.2) is 30.5 Å². The fraction of sp³-hybridized carbons (Fsp3) is 0.923. The van der Waals surface area contributed by atoms with Crippen molar-refractivity contribution in [3.05, 3.63) is 0 Å². The van der Waals surface area contributed by atoms with Crippen molar-refractivity contribution in [2.24, 2.45) is 16.6 Å². The Kier molecular flexibility index (Phi) is 9.97. The van der Waals surface area contributed by atoms with Gasteiger partial charge in [-0.1, -0.05) is 25.7 Å². The predicted molar refractivity (Wildman–Crippen MR) is 86.0 cm³/mol. The Labute approximate surface area is 123 Å². The second kappa shape index (κ2) is 9.97. The molecule has 0 saturated heterocycles. The Morgan fingerprint density at radius 1 is 1.24 bits per heavy atom. The molecule has 0 aromatic carbocycles. The number of nitrogens with two attached hydrogens (primary N) is 1. The molecular formula is C13H28IN3. The lowest BCUT2D eigenvalue weighted by Crippen LogP contribution is -2.37. The number of aliphatic imine (C=N–C) groups is 1. The smallest absolute Gasteiger partial charge is 0.191 e. The van der Waals surface area contributed by atoms with Crippen molar-refractivity contribution in [1.29, 1.82) is 0 Å². The van der Waals surface area contributed by atoms with Gasteiger partial charge in [0.25, 0.3) is 0 Å². The standard InChI is InChI=1S/C13H27N3.HI/c1-3-16(4-2)13(14)15-11-7-10-12-8-5-6-9-12;/h12H,3-11H2,1-2H3,(H2,14,15);1H. The largest absolute Gasteiger partial charge is 0.370 e. The highest BCUT2D eigenvalue weighted by Crippen LogP contribution is 2.28. The molecule has 2 N–H and O–H groups in total. The minimum absolute atomic E-state index is 0. The van der Waals surface area contributed by atoms with Crippen molar-refractivity contribution >= 4 is 29.9 Å². The molecule has 4 heteroatoms. The first-order chi connectivity index (χ1) is 7.77. The Morgan fingerprint density at radius 2 is 1.82 bits per heavy atom. The van der Waals surface area contributed by atoms with Crippen LogP contribution in [0.25, 0.3) is 0 Å². The van der Waals surface area contributed by atoms with Crippen molar-refractivity contribution in [3.63, 3.8) is 0 Å². The van der Waals surface area contributed by atoms with E-state index in [-0.39, 0.29) is 24.0 Å². The summed E-state index contributed by atoms with van der Waals surface area (Å²) in [6.07, 6.45) is 8.30. The lowest BCUT2D eigenvalue weighted by molar-refractivity contribution is 0.454. The van der Waals surface area contributed by atoms with Gasteiger partial charge in [0, 0.05) is 19.6 Å². The van der Waals surface area contributed by atoms with Crippen LogP contribution in [0.5, 0.6) is 0 Å². The average molecular weight is 353 g/mol. The first kappa shape index (κ1) is 17.0. The van der Waals surface area contributed by atoms with Crippen LogP contribution in [0.1, 0.15) is 52.4 Å². The molecule has 0 atom stereocenters. The molecular weight excluding hydrogens is 325 g/mol. The van der Waals surface area contributed by atoms with Gasteiger partial charge in [0.05, 0.1) is 0 Å². The maximum atomic E-state index is 5.91. The Bertz CT molecular complexity index is 209. The van der Waals surface area contributed by atoms with E-state index in [1.807, 2.05) is 0 Å². The van der Waals surface area contributed by atoms with E-state index in [1.54, 1.807) is 0 Å². The number of hydrogen-bond donors (Lipinski definition) is 1.